The van der Waals surface area contributed by atoms with Gasteiger partial charge in [-0.3, -0.25) is 48.1 Å². The van der Waals surface area contributed by atoms with Gasteiger partial charge in [-0.25, -0.2) is 0 Å². The van der Waals surface area contributed by atoms with Crippen LogP contribution in [0.2, 0.25) is 0 Å². The number of phenols is 2. The Kier molecular flexibility index (Phi) is 29.0. The first kappa shape index (κ1) is 68.3. The molecule has 0 spiro atoms. The Morgan fingerprint density at radius 2 is 1.15 bits per heavy atom. The molecule has 0 saturated carbocycles. The number of aromatic hydroxyl groups is 2. The van der Waals surface area contributed by atoms with E-state index in [1.165, 1.54) is 24.3 Å². The molecule has 29 heteroatoms. The number of carbonyl (C=O) groups is 9. The average Bonchev–Trinajstić information content (AvgIpc) is 3.42. The van der Waals surface area contributed by atoms with E-state index in [-0.39, 0.29) is 74.8 Å². The number of unbranched alkanes of at least 4 members (excludes halogenated alkanes) is 1. The molecular weight excluding hydrogens is 1200 g/mol. The first-order valence-electron chi connectivity index (χ1n) is 25.7. The number of hydrogen-bond donors (Lipinski definition) is 18. The molecule has 0 radical (unpaired) electrons. The molecule has 444 valence electrons. The zero-order valence-electron chi connectivity index (χ0n) is 44.9. The minimum Gasteiger partial charge on any atom is -0.508 e. The number of guanidine groups is 1. The predicted molar refractivity (Wildman–Crippen MR) is 317 cm³/mol. The number of carbonyl (C=O) groups excluding carboxylic acids is 9. The summed E-state index contributed by atoms with van der Waals surface area (Å²) in [6, 6.07) is 8.08. The summed E-state index contributed by atoms with van der Waals surface area (Å²) in [6.07, 6.45) is 1.03. The van der Waals surface area contributed by atoms with Crippen LogP contribution in [0.15, 0.2) is 77.8 Å². The number of aliphatic hydroxyl groups excluding tert-OH is 1. The van der Waals surface area contributed by atoms with Crippen LogP contribution in [0.4, 0.5) is 0 Å². The Bertz CT molecular complexity index is 2650. The molecule has 0 bridgehead atoms. The first-order chi connectivity index (χ1) is 38.3. The van der Waals surface area contributed by atoms with Crippen molar-refractivity contribution in [2.75, 3.05) is 32.0 Å². The lowest BCUT2D eigenvalue weighted by molar-refractivity contribution is -0.135. The van der Waals surface area contributed by atoms with Gasteiger partial charge in [0, 0.05) is 29.9 Å². The third-order valence-corrected chi connectivity index (χ3v) is 13.7. The van der Waals surface area contributed by atoms with Gasteiger partial charge in [-0.1, -0.05) is 48.5 Å². The maximum absolute atomic E-state index is 14.1. The highest BCUT2D eigenvalue weighted by atomic mass is 127. The molecule has 0 unspecified atom stereocenters. The normalized spacial score (nSPS) is 14.1. The SMILES string of the molecule is CC(C)(S)[C@@H](NC(=O)[C@@H](N)Cc1ccc(O)cc1)C(=O)N[C@@H](Cc1ccc(O)c(I)c1)C(=O)NCC(=O)N[C@@H](CO)C(=O)N[C@@H](Cc1ccccc1)C(=O)N[C@@H](CS)C(=O)N[C@@H](CCCCN)C(=O)N[C@@H](CCCN=C(N)N)C(N)=O. The van der Waals surface area contributed by atoms with E-state index >= 15 is 0 Å². The fraction of sp³-hybridized carbons (Fsp3) is 0.462. The van der Waals surface area contributed by atoms with Crippen LogP contribution in [-0.2, 0) is 62.4 Å². The van der Waals surface area contributed by atoms with E-state index in [1.807, 2.05) is 22.6 Å². The van der Waals surface area contributed by atoms with Crippen molar-refractivity contribution in [3.63, 3.8) is 0 Å². The smallest absolute Gasteiger partial charge is 0.245 e. The maximum Gasteiger partial charge on any atom is 0.245 e. The number of hydrogen-bond acceptors (Lipinski definition) is 17. The van der Waals surface area contributed by atoms with Crippen molar-refractivity contribution in [1.29, 1.82) is 0 Å². The van der Waals surface area contributed by atoms with Gasteiger partial charge in [0.05, 0.1) is 22.8 Å². The van der Waals surface area contributed by atoms with E-state index in [2.05, 4.69) is 72.8 Å². The molecule has 8 atom stereocenters. The second kappa shape index (κ2) is 34.4. The molecule has 0 aliphatic carbocycles. The summed E-state index contributed by atoms with van der Waals surface area (Å²) in [4.78, 5) is 126. The number of amides is 9. The van der Waals surface area contributed by atoms with E-state index in [9.17, 15) is 58.5 Å². The maximum atomic E-state index is 14.1. The second-order valence-electron chi connectivity index (χ2n) is 19.4. The van der Waals surface area contributed by atoms with Gasteiger partial charge in [0.1, 0.15) is 53.8 Å². The summed E-state index contributed by atoms with van der Waals surface area (Å²) in [7, 11) is 0. The number of benzene rings is 3. The van der Waals surface area contributed by atoms with E-state index in [0.29, 0.717) is 33.1 Å². The van der Waals surface area contributed by atoms with Crippen molar-refractivity contribution in [3.8, 4) is 11.5 Å². The van der Waals surface area contributed by atoms with Crippen LogP contribution in [0.1, 0.15) is 62.6 Å². The number of primary amides is 1. The number of phenolic OH excluding ortho intramolecular Hbond substituents is 2. The van der Waals surface area contributed by atoms with Crippen molar-refractivity contribution >= 4 is 107 Å². The molecule has 0 saturated heterocycles. The van der Waals surface area contributed by atoms with Crippen molar-refractivity contribution in [1.82, 2.24) is 42.5 Å². The van der Waals surface area contributed by atoms with Crippen LogP contribution in [0.5, 0.6) is 11.5 Å². The first-order valence-corrected chi connectivity index (χ1v) is 27.8. The average molecular weight is 1280 g/mol. The van der Waals surface area contributed by atoms with E-state index < -0.39 is 119 Å². The number of aliphatic imine (C=N–C) groups is 1. The fourth-order valence-electron chi connectivity index (χ4n) is 7.79. The molecule has 21 N–H and O–H groups in total. The second-order valence-corrected chi connectivity index (χ2v) is 22.1. The van der Waals surface area contributed by atoms with E-state index in [0.717, 1.165) is 0 Å². The zero-order valence-corrected chi connectivity index (χ0v) is 48.8. The lowest BCUT2D eigenvalue weighted by atomic mass is 9.99. The van der Waals surface area contributed by atoms with Crippen molar-refractivity contribution in [2.45, 2.75) is 118 Å². The lowest BCUT2D eigenvalue weighted by Gasteiger charge is -2.32. The molecule has 0 aliphatic heterocycles. The summed E-state index contributed by atoms with van der Waals surface area (Å²) in [5.74, 6) is -8.30. The molecule has 0 heterocycles. The number of nitrogens with zero attached hydrogens (tertiary/aromatic N) is 1. The van der Waals surface area contributed by atoms with Crippen LogP contribution >= 0.6 is 47.8 Å². The number of nitrogens with two attached hydrogens (primary N) is 5. The Balaban J connectivity index is 1.77. The molecule has 81 heavy (non-hydrogen) atoms. The Hall–Kier alpha value is -6.93. The highest BCUT2D eigenvalue weighted by Gasteiger charge is 2.38. The Morgan fingerprint density at radius 3 is 1.74 bits per heavy atom. The fourth-order valence-corrected chi connectivity index (χ4v) is 8.81. The molecular formula is C52H75IN14O12S2. The van der Waals surface area contributed by atoms with Gasteiger partial charge in [-0.2, -0.15) is 25.3 Å². The molecule has 0 fully saturated rings. The van der Waals surface area contributed by atoms with E-state index in [1.54, 1.807) is 62.4 Å². The summed E-state index contributed by atoms with van der Waals surface area (Å²) >= 11 is 10.7. The minimum atomic E-state index is -1.70. The molecule has 26 nitrogen and oxygen atoms in total. The van der Waals surface area contributed by atoms with Crippen LogP contribution in [0.25, 0.3) is 0 Å². The monoisotopic (exact) mass is 1280 g/mol. The van der Waals surface area contributed by atoms with Crippen LogP contribution in [0.3, 0.4) is 0 Å². The highest BCUT2D eigenvalue weighted by Crippen LogP contribution is 2.22. The topological polar surface area (TPSA) is 453 Å². The number of rotatable bonds is 34. The number of thiol groups is 2. The molecule has 3 rings (SSSR count). The summed E-state index contributed by atoms with van der Waals surface area (Å²) in [5, 5.41) is 50.3. The van der Waals surface area contributed by atoms with Crippen LogP contribution in [-0.4, -0.2) is 160 Å². The molecule has 3 aromatic carbocycles. The molecule has 0 aromatic heterocycles. The van der Waals surface area contributed by atoms with Crippen molar-refractivity contribution in [2.24, 2.45) is 33.7 Å². The van der Waals surface area contributed by atoms with Gasteiger partial charge in [0.25, 0.3) is 0 Å². The Labute approximate surface area is 493 Å². The predicted octanol–water partition coefficient (Wildman–Crippen LogP) is -3.13. The molecule has 3 aromatic rings. The van der Waals surface area contributed by atoms with Gasteiger partial charge < -0.3 is 86.5 Å². The number of aliphatic hydroxyl groups is 1. The van der Waals surface area contributed by atoms with E-state index in [4.69, 9.17) is 28.7 Å². The molecule has 9 amide bonds. The van der Waals surface area contributed by atoms with Crippen LogP contribution < -0.4 is 71.2 Å². The van der Waals surface area contributed by atoms with Crippen LogP contribution in [0, 0.1) is 3.57 Å². The standard InChI is InChI=1S/C52H75IN14O12S2/c1-52(2,81)42(67-44(73)33(55)22-29-13-16-31(69)17-14-29)50(79)65-36(24-30-15-18-40(70)32(53)21-30)45(74)60-25-41(71)61-38(26-68)48(77)64-37(23-28-9-4-3-5-10-28)47(76)66-39(27-80)49(78)63-35(11-6-7-19-54)46(75)62-34(43(56)72)12-8-20-59-51(57)58/h3-5,9-10,13-18,21,33-39,42,68-70,80-81H,6-8,11-12,19-20,22-27,54-55H2,1-2H3,(H2,56,72)(H,60,74)(H,61,71)(H,62,75)(H,63,78)(H,64,77)(H,65,79)(H,66,76)(H,67,73)(H4,57,58,59)/t33-,34-,35-,36-,37-,38-,39-,42-/m0/s1. The third kappa shape index (κ3) is 24.4. The van der Waals surface area contributed by atoms with Gasteiger partial charge in [0.15, 0.2) is 5.96 Å². The summed E-state index contributed by atoms with van der Waals surface area (Å²) < 4.78 is -0.808. The van der Waals surface area contributed by atoms with Crippen molar-refractivity contribution in [3.05, 3.63) is 93.1 Å². The van der Waals surface area contributed by atoms with Gasteiger partial charge in [-0.15, -0.1) is 0 Å². The number of halogens is 1. The van der Waals surface area contributed by atoms with Gasteiger partial charge in [-0.05, 0) is 122 Å². The van der Waals surface area contributed by atoms with Gasteiger partial charge in [0.2, 0.25) is 53.2 Å². The summed E-state index contributed by atoms with van der Waals surface area (Å²) in [5.41, 5.74) is 29.8. The summed E-state index contributed by atoms with van der Waals surface area (Å²) in [6.45, 7) is 1.76. The largest absolute Gasteiger partial charge is 0.508 e. The van der Waals surface area contributed by atoms with Gasteiger partial charge >= 0.3 is 0 Å². The number of nitrogens with one attached hydrogen (secondary N) is 8. The quantitative estimate of drug-likeness (QED) is 0.00924. The molecule has 0 aliphatic rings. The minimum absolute atomic E-state index is 0.0172. The lowest BCUT2D eigenvalue weighted by Crippen LogP contribution is -2.62. The Morgan fingerprint density at radius 1 is 0.617 bits per heavy atom. The third-order valence-electron chi connectivity index (χ3n) is 12.2. The zero-order chi connectivity index (χ0) is 60.4. The van der Waals surface area contributed by atoms with Crippen molar-refractivity contribution < 1.29 is 58.5 Å². The highest BCUT2D eigenvalue weighted by molar-refractivity contribution is 14.1.